The third kappa shape index (κ3) is 4.24. The van der Waals surface area contributed by atoms with Gasteiger partial charge in [0.25, 0.3) is 5.91 Å². The Morgan fingerprint density at radius 1 is 1.00 bits per heavy atom. The summed E-state index contributed by atoms with van der Waals surface area (Å²) >= 11 is 0. The van der Waals surface area contributed by atoms with E-state index in [1.54, 1.807) is 24.3 Å². The van der Waals surface area contributed by atoms with Gasteiger partial charge in [0.1, 0.15) is 12.3 Å². The number of hydrogen-bond donors (Lipinski definition) is 1. The lowest BCUT2D eigenvalue weighted by Crippen LogP contribution is -2.47. The number of anilines is 2. The first-order valence-corrected chi connectivity index (χ1v) is 9.02. The summed E-state index contributed by atoms with van der Waals surface area (Å²) in [7, 11) is 2.41. The zero-order valence-electron chi connectivity index (χ0n) is 16.6. The van der Waals surface area contributed by atoms with E-state index in [1.807, 2.05) is 0 Å². The van der Waals surface area contributed by atoms with Crippen molar-refractivity contribution in [2.45, 2.75) is 13.0 Å². The van der Waals surface area contributed by atoms with Gasteiger partial charge in [-0.1, -0.05) is 12.1 Å². The van der Waals surface area contributed by atoms with Crippen molar-refractivity contribution in [1.29, 1.82) is 0 Å². The molecule has 0 spiro atoms. The molecule has 1 aliphatic rings. The molecular weight excluding hydrogens is 392 g/mol. The molecule has 0 fully saturated rings. The minimum absolute atomic E-state index is 0.0674. The number of nitrogens with one attached hydrogen (secondary N) is 1. The Hall–Kier alpha value is -3.88. The molecule has 1 aliphatic heterocycles. The molecule has 0 radical (unpaired) electrons. The summed E-state index contributed by atoms with van der Waals surface area (Å²) in [6.07, 6.45) is -1.01. The molecule has 3 rings (SSSR count). The second kappa shape index (κ2) is 8.64. The second-order valence-electron chi connectivity index (χ2n) is 6.48. The van der Waals surface area contributed by atoms with Crippen LogP contribution in [0.25, 0.3) is 0 Å². The number of benzene rings is 2. The maximum atomic E-state index is 13.0. The van der Waals surface area contributed by atoms with Crippen LogP contribution in [0.3, 0.4) is 0 Å². The van der Waals surface area contributed by atoms with E-state index in [0.717, 1.165) is 0 Å². The topological polar surface area (TPSA) is 111 Å². The molecule has 9 nitrogen and oxygen atoms in total. The van der Waals surface area contributed by atoms with Gasteiger partial charge in [0.05, 0.1) is 36.7 Å². The average Bonchev–Trinajstić information content (AvgIpc) is 2.76. The van der Waals surface area contributed by atoms with Gasteiger partial charge in [0.2, 0.25) is 5.91 Å². The number of methoxy groups -OCH3 is 2. The lowest BCUT2D eigenvalue weighted by atomic mass is 10.1. The monoisotopic (exact) mass is 412 g/mol. The van der Waals surface area contributed by atoms with Crippen molar-refractivity contribution in [1.82, 2.24) is 0 Å². The zero-order chi connectivity index (χ0) is 21.8. The van der Waals surface area contributed by atoms with E-state index in [-0.39, 0.29) is 29.3 Å². The summed E-state index contributed by atoms with van der Waals surface area (Å²) in [6.45, 7) is 1.36. The predicted octanol–water partition coefficient (Wildman–Crippen LogP) is 2.01. The highest BCUT2D eigenvalue weighted by Gasteiger charge is 2.30. The molecule has 1 heterocycles. The van der Waals surface area contributed by atoms with Gasteiger partial charge in [-0.25, -0.2) is 9.59 Å². The van der Waals surface area contributed by atoms with E-state index in [4.69, 9.17) is 14.2 Å². The Kier molecular flexibility index (Phi) is 6.01. The molecule has 1 N–H and O–H groups in total. The highest BCUT2D eigenvalue weighted by Crippen LogP contribution is 2.30. The van der Waals surface area contributed by atoms with Gasteiger partial charge in [0.15, 0.2) is 6.10 Å². The van der Waals surface area contributed by atoms with E-state index in [0.29, 0.717) is 11.4 Å². The first-order chi connectivity index (χ1) is 14.3. The van der Waals surface area contributed by atoms with Crippen LogP contribution in [-0.4, -0.2) is 50.6 Å². The van der Waals surface area contributed by atoms with Crippen molar-refractivity contribution < 1.29 is 33.4 Å². The van der Waals surface area contributed by atoms with Crippen LogP contribution in [0.2, 0.25) is 0 Å². The summed E-state index contributed by atoms with van der Waals surface area (Å²) in [6, 6.07) is 10.9. The van der Waals surface area contributed by atoms with Gasteiger partial charge >= 0.3 is 11.9 Å². The van der Waals surface area contributed by atoms with Crippen LogP contribution in [0.15, 0.2) is 42.5 Å². The largest absolute Gasteiger partial charge is 0.481 e. The number of rotatable bonds is 5. The van der Waals surface area contributed by atoms with Crippen LogP contribution >= 0.6 is 0 Å². The van der Waals surface area contributed by atoms with Crippen molar-refractivity contribution in [3.63, 3.8) is 0 Å². The highest BCUT2D eigenvalue weighted by molar-refractivity contribution is 6.11. The van der Waals surface area contributed by atoms with E-state index >= 15 is 0 Å². The van der Waals surface area contributed by atoms with Crippen molar-refractivity contribution in [3.05, 3.63) is 53.6 Å². The first kappa shape index (κ1) is 20.8. The fourth-order valence-electron chi connectivity index (χ4n) is 3.04. The van der Waals surface area contributed by atoms with Crippen LogP contribution in [0.1, 0.15) is 27.6 Å². The maximum absolute atomic E-state index is 13.0. The van der Waals surface area contributed by atoms with Crippen LogP contribution in [0.5, 0.6) is 5.75 Å². The van der Waals surface area contributed by atoms with Crippen LogP contribution in [-0.2, 0) is 19.1 Å². The number of fused-ring (bicyclic) bond motifs is 1. The number of hydrogen-bond acceptors (Lipinski definition) is 7. The Bertz CT molecular complexity index is 984. The van der Waals surface area contributed by atoms with Gasteiger partial charge in [-0.05, 0) is 37.3 Å². The normalized spacial score (nSPS) is 13.6. The van der Waals surface area contributed by atoms with Gasteiger partial charge in [-0.3, -0.25) is 14.5 Å². The summed E-state index contributed by atoms with van der Waals surface area (Å²) in [4.78, 5) is 50.1. The minimum atomic E-state index is -1.01. The summed E-state index contributed by atoms with van der Waals surface area (Å²) in [5.74, 6) is -2.03. The zero-order valence-corrected chi connectivity index (χ0v) is 16.6. The molecule has 0 aromatic heterocycles. The predicted molar refractivity (Wildman–Crippen MR) is 107 cm³/mol. The summed E-state index contributed by atoms with van der Waals surface area (Å²) in [5.41, 5.74) is 1.21. The number of carbonyl (C=O) groups excluding carboxylic acids is 4. The van der Waals surface area contributed by atoms with Crippen molar-refractivity contribution >= 4 is 35.1 Å². The SMILES string of the molecule is COC(=O)c1cc(O[C@@H](C)C(=O)N2CC(=O)Nc3ccccc32)cc(C(=O)OC)c1. The van der Waals surface area contributed by atoms with Crippen molar-refractivity contribution in [2.75, 3.05) is 31.0 Å². The number of nitrogens with zero attached hydrogens (tertiary/aromatic N) is 1. The van der Waals surface area contributed by atoms with Crippen LogP contribution in [0.4, 0.5) is 11.4 Å². The Morgan fingerprint density at radius 3 is 2.20 bits per heavy atom. The molecule has 2 aromatic carbocycles. The van der Waals surface area contributed by atoms with Crippen LogP contribution in [0, 0.1) is 0 Å². The molecule has 2 aromatic rings. The average molecular weight is 412 g/mol. The third-order valence-corrected chi connectivity index (χ3v) is 4.45. The number of para-hydroxylation sites is 2. The Balaban J connectivity index is 1.87. The lowest BCUT2D eigenvalue weighted by molar-refractivity contribution is -0.126. The summed E-state index contributed by atoms with van der Waals surface area (Å²) in [5, 5.41) is 2.71. The van der Waals surface area contributed by atoms with E-state index < -0.39 is 23.9 Å². The first-order valence-electron chi connectivity index (χ1n) is 9.02. The number of amides is 2. The Morgan fingerprint density at radius 2 is 1.60 bits per heavy atom. The van der Waals surface area contributed by atoms with Gasteiger partial charge in [0, 0.05) is 0 Å². The molecule has 2 amide bonds. The fraction of sp³-hybridized carbons (Fsp3) is 0.238. The summed E-state index contributed by atoms with van der Waals surface area (Å²) < 4.78 is 15.1. The third-order valence-electron chi connectivity index (χ3n) is 4.45. The van der Waals surface area contributed by atoms with Crippen molar-refractivity contribution in [2.24, 2.45) is 0 Å². The quantitative estimate of drug-likeness (QED) is 0.748. The molecule has 1 atom stereocenters. The second-order valence-corrected chi connectivity index (χ2v) is 6.48. The number of ether oxygens (including phenoxy) is 3. The molecule has 9 heteroatoms. The lowest BCUT2D eigenvalue weighted by Gasteiger charge is -2.31. The van der Waals surface area contributed by atoms with Gasteiger partial charge in [-0.2, -0.15) is 0 Å². The van der Waals surface area contributed by atoms with E-state index in [1.165, 1.54) is 44.2 Å². The fourth-order valence-corrected chi connectivity index (χ4v) is 3.04. The van der Waals surface area contributed by atoms with E-state index in [2.05, 4.69) is 5.32 Å². The van der Waals surface area contributed by atoms with Crippen LogP contribution < -0.4 is 15.0 Å². The van der Waals surface area contributed by atoms with Gasteiger partial charge in [-0.15, -0.1) is 0 Å². The molecule has 0 aliphatic carbocycles. The number of esters is 2. The highest BCUT2D eigenvalue weighted by atomic mass is 16.5. The molecular formula is C21H20N2O7. The van der Waals surface area contributed by atoms with Crippen molar-refractivity contribution in [3.8, 4) is 5.75 Å². The number of carbonyl (C=O) groups is 4. The minimum Gasteiger partial charge on any atom is -0.481 e. The molecule has 0 bridgehead atoms. The van der Waals surface area contributed by atoms with E-state index in [9.17, 15) is 19.2 Å². The smallest absolute Gasteiger partial charge is 0.338 e. The molecule has 30 heavy (non-hydrogen) atoms. The Labute approximate surface area is 172 Å². The maximum Gasteiger partial charge on any atom is 0.338 e. The molecule has 156 valence electrons. The standard InChI is InChI=1S/C21H20N2O7/c1-12(19(25)23-11-18(24)22-16-6-4-5-7-17(16)23)30-15-9-13(20(26)28-2)8-14(10-15)21(27)29-3/h4-10,12H,11H2,1-3H3,(H,22,24)/t12-/m0/s1. The molecule has 0 saturated carbocycles. The van der Waals surface area contributed by atoms with Gasteiger partial charge < -0.3 is 19.5 Å². The molecule has 0 unspecified atom stereocenters. The molecule has 0 saturated heterocycles.